The van der Waals surface area contributed by atoms with Crippen molar-refractivity contribution in [3.05, 3.63) is 35.0 Å². The van der Waals surface area contributed by atoms with Gasteiger partial charge in [-0.05, 0) is 11.4 Å². The van der Waals surface area contributed by atoms with Crippen molar-refractivity contribution in [2.75, 3.05) is 13.2 Å². The van der Waals surface area contributed by atoms with Crippen molar-refractivity contribution in [1.82, 2.24) is 0 Å². The highest BCUT2D eigenvalue weighted by Crippen LogP contribution is 2.09. The molecule has 0 saturated heterocycles. The van der Waals surface area contributed by atoms with Crippen molar-refractivity contribution in [1.29, 1.82) is 0 Å². The van der Waals surface area contributed by atoms with Crippen LogP contribution >= 0.6 is 11.3 Å². The lowest BCUT2D eigenvalue weighted by Gasteiger charge is -2.02. The molecule has 0 aromatic carbocycles. The third kappa shape index (κ3) is 4.20. The predicted octanol–water partition coefficient (Wildman–Crippen LogP) is 1.99. The van der Waals surface area contributed by atoms with E-state index in [0.29, 0.717) is 13.2 Å². The van der Waals surface area contributed by atoms with Gasteiger partial charge in [0, 0.05) is 11.0 Å². The number of thiophene rings is 1. The molecule has 0 aliphatic rings. The molecule has 0 fully saturated rings. The molecule has 0 atom stereocenters. The lowest BCUT2D eigenvalue weighted by atomic mass is 10.5. The number of carbonyl (C=O) groups excluding carboxylic acids is 1. The first-order valence-electron chi connectivity index (χ1n) is 4.22. The van der Waals surface area contributed by atoms with E-state index in [1.807, 2.05) is 17.5 Å². The van der Waals surface area contributed by atoms with Gasteiger partial charge in [-0.25, -0.2) is 4.79 Å². The lowest BCUT2D eigenvalue weighted by molar-refractivity contribution is -0.139. The molecule has 1 heterocycles. The summed E-state index contributed by atoms with van der Waals surface area (Å²) in [5.41, 5.74) is 0. The first-order valence-corrected chi connectivity index (χ1v) is 5.10. The van der Waals surface area contributed by atoms with Gasteiger partial charge in [0.15, 0.2) is 0 Å². The van der Waals surface area contributed by atoms with E-state index < -0.39 is 5.97 Å². The Labute approximate surface area is 87.0 Å². The van der Waals surface area contributed by atoms with Crippen molar-refractivity contribution in [2.24, 2.45) is 0 Å². The minimum atomic E-state index is -0.412. The summed E-state index contributed by atoms with van der Waals surface area (Å²) < 4.78 is 10.0. The van der Waals surface area contributed by atoms with Crippen LogP contribution in [0.2, 0.25) is 0 Å². The third-order valence-electron chi connectivity index (χ3n) is 1.46. The van der Waals surface area contributed by atoms with E-state index in [4.69, 9.17) is 9.47 Å². The van der Waals surface area contributed by atoms with Gasteiger partial charge >= 0.3 is 5.97 Å². The highest BCUT2D eigenvalue weighted by Gasteiger charge is 1.96. The van der Waals surface area contributed by atoms with Crippen LogP contribution in [0.5, 0.6) is 0 Å². The molecular weight excluding hydrogens is 200 g/mol. The Morgan fingerprint density at radius 3 is 3.07 bits per heavy atom. The number of esters is 1. The molecule has 0 amide bonds. The summed E-state index contributed by atoms with van der Waals surface area (Å²) in [6.45, 7) is 4.55. The van der Waals surface area contributed by atoms with Gasteiger partial charge in [-0.2, -0.15) is 0 Å². The molecule has 0 bridgehead atoms. The van der Waals surface area contributed by atoms with Gasteiger partial charge in [0.1, 0.15) is 6.61 Å². The molecule has 0 saturated carbocycles. The molecule has 3 nitrogen and oxygen atoms in total. The zero-order chi connectivity index (χ0) is 10.2. The Kier molecular flexibility index (Phi) is 4.96. The summed E-state index contributed by atoms with van der Waals surface area (Å²) in [5.74, 6) is -0.412. The molecule has 0 unspecified atom stereocenters. The second kappa shape index (κ2) is 6.34. The van der Waals surface area contributed by atoms with Crippen LogP contribution in [-0.2, 0) is 20.9 Å². The summed E-state index contributed by atoms with van der Waals surface area (Å²) in [7, 11) is 0. The smallest absolute Gasteiger partial charge is 0.330 e. The maximum atomic E-state index is 10.6. The van der Waals surface area contributed by atoms with Crippen molar-refractivity contribution >= 4 is 17.3 Å². The highest BCUT2D eigenvalue weighted by molar-refractivity contribution is 7.09. The fraction of sp³-hybridized carbons (Fsp3) is 0.300. The second-order valence-corrected chi connectivity index (χ2v) is 3.54. The standard InChI is InChI=1S/C10H12O3S/c1-2-10(11)13-6-5-12-8-9-4-3-7-14-9/h2-4,7H,1,5-6,8H2. The molecule has 1 rings (SSSR count). The van der Waals surface area contributed by atoms with E-state index in [-0.39, 0.29) is 6.61 Å². The molecular formula is C10H12O3S. The molecule has 1 aromatic rings. The zero-order valence-electron chi connectivity index (χ0n) is 7.77. The van der Waals surface area contributed by atoms with Crippen molar-refractivity contribution < 1.29 is 14.3 Å². The Morgan fingerprint density at radius 2 is 2.43 bits per heavy atom. The van der Waals surface area contributed by atoms with Crippen LogP contribution in [0.15, 0.2) is 30.2 Å². The molecule has 0 N–H and O–H groups in total. The Bertz CT molecular complexity index is 280. The van der Waals surface area contributed by atoms with E-state index in [0.717, 1.165) is 6.08 Å². The highest BCUT2D eigenvalue weighted by atomic mass is 32.1. The maximum absolute atomic E-state index is 10.6. The van der Waals surface area contributed by atoms with E-state index >= 15 is 0 Å². The molecule has 0 aliphatic heterocycles. The Balaban J connectivity index is 2.00. The molecule has 76 valence electrons. The molecule has 0 radical (unpaired) electrons. The molecule has 0 spiro atoms. The SMILES string of the molecule is C=CC(=O)OCCOCc1cccs1. The fourth-order valence-corrected chi connectivity index (χ4v) is 1.47. The van der Waals surface area contributed by atoms with Crippen molar-refractivity contribution in [3.8, 4) is 0 Å². The summed E-state index contributed by atoms with van der Waals surface area (Å²) in [5, 5.41) is 2.00. The summed E-state index contributed by atoms with van der Waals surface area (Å²) in [4.78, 5) is 11.8. The lowest BCUT2D eigenvalue weighted by Crippen LogP contribution is -2.07. The molecule has 1 aromatic heterocycles. The second-order valence-electron chi connectivity index (χ2n) is 2.50. The predicted molar refractivity (Wildman–Crippen MR) is 55.1 cm³/mol. The number of carbonyl (C=O) groups is 1. The van der Waals surface area contributed by atoms with E-state index in [2.05, 4.69) is 6.58 Å². The quantitative estimate of drug-likeness (QED) is 0.411. The largest absolute Gasteiger partial charge is 0.460 e. The van der Waals surface area contributed by atoms with Gasteiger partial charge in [0.05, 0.1) is 13.2 Å². The van der Waals surface area contributed by atoms with Gasteiger partial charge in [0.2, 0.25) is 0 Å². The van der Waals surface area contributed by atoms with Crippen LogP contribution in [0.3, 0.4) is 0 Å². The van der Waals surface area contributed by atoms with Crippen LogP contribution in [0.1, 0.15) is 4.88 Å². The van der Waals surface area contributed by atoms with E-state index in [1.165, 1.54) is 4.88 Å². The Morgan fingerprint density at radius 1 is 1.57 bits per heavy atom. The average Bonchev–Trinajstić information content (AvgIpc) is 2.69. The van der Waals surface area contributed by atoms with Crippen molar-refractivity contribution in [3.63, 3.8) is 0 Å². The monoisotopic (exact) mass is 212 g/mol. The third-order valence-corrected chi connectivity index (χ3v) is 2.31. The van der Waals surface area contributed by atoms with Crippen LogP contribution in [-0.4, -0.2) is 19.2 Å². The van der Waals surface area contributed by atoms with E-state index in [1.54, 1.807) is 11.3 Å². The van der Waals surface area contributed by atoms with Crippen LogP contribution in [0.4, 0.5) is 0 Å². The molecule has 4 heteroatoms. The minimum absolute atomic E-state index is 0.274. The average molecular weight is 212 g/mol. The van der Waals surface area contributed by atoms with E-state index in [9.17, 15) is 4.79 Å². The normalized spacial score (nSPS) is 9.71. The Hall–Kier alpha value is -1.13. The summed E-state index contributed by atoms with van der Waals surface area (Å²) in [6, 6.07) is 3.97. The van der Waals surface area contributed by atoms with Crippen LogP contribution < -0.4 is 0 Å². The fourth-order valence-electron chi connectivity index (χ4n) is 0.828. The summed E-state index contributed by atoms with van der Waals surface area (Å²) in [6.07, 6.45) is 1.14. The topological polar surface area (TPSA) is 35.5 Å². The van der Waals surface area contributed by atoms with Crippen LogP contribution in [0, 0.1) is 0 Å². The molecule has 14 heavy (non-hydrogen) atoms. The van der Waals surface area contributed by atoms with Gasteiger partial charge < -0.3 is 9.47 Å². The number of hydrogen-bond donors (Lipinski definition) is 0. The van der Waals surface area contributed by atoms with Crippen molar-refractivity contribution in [2.45, 2.75) is 6.61 Å². The minimum Gasteiger partial charge on any atom is -0.460 e. The summed E-state index contributed by atoms with van der Waals surface area (Å²) >= 11 is 1.64. The van der Waals surface area contributed by atoms with Gasteiger partial charge in [-0.15, -0.1) is 11.3 Å². The zero-order valence-corrected chi connectivity index (χ0v) is 8.59. The van der Waals surface area contributed by atoms with Gasteiger partial charge in [0.25, 0.3) is 0 Å². The number of rotatable bonds is 6. The first kappa shape index (κ1) is 10.9. The molecule has 0 aliphatic carbocycles. The maximum Gasteiger partial charge on any atom is 0.330 e. The van der Waals surface area contributed by atoms with Gasteiger partial charge in [-0.3, -0.25) is 0 Å². The number of hydrogen-bond acceptors (Lipinski definition) is 4. The van der Waals surface area contributed by atoms with Gasteiger partial charge in [-0.1, -0.05) is 12.6 Å². The number of ether oxygens (including phenoxy) is 2. The first-order chi connectivity index (χ1) is 6.83. The van der Waals surface area contributed by atoms with Crippen LogP contribution in [0.25, 0.3) is 0 Å².